The third kappa shape index (κ3) is 3.59. The molecule has 1 aliphatic rings. The van der Waals surface area contributed by atoms with Gasteiger partial charge in [0.05, 0.1) is 5.56 Å². The Morgan fingerprint density at radius 3 is 2.53 bits per heavy atom. The van der Waals surface area contributed by atoms with Crippen LogP contribution in [-0.2, 0) is 4.74 Å². The lowest BCUT2D eigenvalue weighted by molar-refractivity contribution is -0.0397. The smallest absolute Gasteiger partial charge is 0.338 e. The van der Waals surface area contributed by atoms with E-state index in [4.69, 9.17) is 4.74 Å². The van der Waals surface area contributed by atoms with Crippen LogP contribution in [0, 0.1) is 6.92 Å². The van der Waals surface area contributed by atoms with Gasteiger partial charge in [-0.1, -0.05) is 29.3 Å². The number of hydrogen-bond donors (Lipinski definition) is 0. The van der Waals surface area contributed by atoms with Crippen LogP contribution in [0.3, 0.4) is 0 Å². The maximum Gasteiger partial charge on any atom is 0.338 e. The van der Waals surface area contributed by atoms with Gasteiger partial charge < -0.3 is 4.74 Å². The van der Waals surface area contributed by atoms with Gasteiger partial charge in [-0.25, -0.2) is 4.79 Å². The summed E-state index contributed by atoms with van der Waals surface area (Å²) < 4.78 is 6.79. The number of carbonyl (C=O) groups is 1. The molecule has 0 N–H and O–H groups in total. The molecule has 0 spiro atoms. The van der Waals surface area contributed by atoms with Gasteiger partial charge in [0, 0.05) is 4.47 Å². The first-order valence-electron chi connectivity index (χ1n) is 7.05. The Labute approximate surface area is 123 Å². The first-order valence-corrected chi connectivity index (χ1v) is 7.84. The number of aryl methyl sites for hydroxylation is 1. The van der Waals surface area contributed by atoms with Gasteiger partial charge in [0.2, 0.25) is 0 Å². The molecule has 0 aromatic heterocycles. The molecule has 0 unspecified atom stereocenters. The molecule has 2 nitrogen and oxygen atoms in total. The number of hydrogen-bond acceptors (Lipinski definition) is 2. The monoisotopic (exact) mass is 324 g/mol. The Morgan fingerprint density at radius 1 is 1.26 bits per heavy atom. The van der Waals surface area contributed by atoms with Crippen LogP contribution in [-0.4, -0.2) is 11.6 Å². The second-order valence-electron chi connectivity index (χ2n) is 5.50. The summed E-state index contributed by atoms with van der Waals surface area (Å²) in [5.74, 6) is -0.187. The molecule has 0 heterocycles. The van der Waals surface area contributed by atoms with Crippen molar-refractivity contribution >= 4 is 21.9 Å². The molecule has 1 aromatic carbocycles. The maximum absolute atomic E-state index is 12.3. The molecule has 104 valence electrons. The average molecular weight is 325 g/mol. The summed E-state index contributed by atoms with van der Waals surface area (Å²) in [6.45, 7) is 4.10. The van der Waals surface area contributed by atoms with Crippen LogP contribution in [0.2, 0.25) is 0 Å². The molecule has 19 heavy (non-hydrogen) atoms. The van der Waals surface area contributed by atoms with Crippen LogP contribution < -0.4 is 0 Å². The summed E-state index contributed by atoms with van der Waals surface area (Å²) in [6, 6.07) is 5.72. The molecule has 2 rings (SSSR count). The molecule has 0 bridgehead atoms. The number of esters is 1. The molecule has 1 aromatic rings. The number of rotatable bonds is 3. The Bertz CT molecular complexity index is 442. The van der Waals surface area contributed by atoms with Crippen LogP contribution in [0.25, 0.3) is 0 Å². The van der Waals surface area contributed by atoms with Crippen LogP contribution in [0.5, 0.6) is 0 Å². The minimum absolute atomic E-state index is 0.187. The van der Waals surface area contributed by atoms with Crippen molar-refractivity contribution in [2.45, 2.75) is 58.0 Å². The number of carbonyl (C=O) groups excluding carboxylic acids is 1. The summed E-state index contributed by atoms with van der Waals surface area (Å²) in [5.41, 5.74) is 1.48. The predicted octanol–water partition coefficient (Wildman–Crippen LogP) is 5.03. The highest BCUT2D eigenvalue weighted by molar-refractivity contribution is 9.10. The van der Waals surface area contributed by atoms with E-state index in [1.165, 1.54) is 19.3 Å². The molecule has 0 amide bonds. The summed E-state index contributed by atoms with van der Waals surface area (Å²) in [4.78, 5) is 12.3. The third-order valence-corrected chi connectivity index (χ3v) is 4.45. The van der Waals surface area contributed by atoms with Crippen molar-refractivity contribution in [3.05, 3.63) is 33.8 Å². The first kappa shape index (κ1) is 14.6. The highest BCUT2D eigenvalue weighted by Gasteiger charge is 2.34. The Hall–Kier alpha value is -0.830. The van der Waals surface area contributed by atoms with Gasteiger partial charge in [-0.3, -0.25) is 0 Å². The van der Waals surface area contributed by atoms with Gasteiger partial charge in [0.25, 0.3) is 0 Å². The summed E-state index contributed by atoms with van der Waals surface area (Å²) >= 11 is 3.43. The van der Waals surface area contributed by atoms with Gasteiger partial charge in [0.1, 0.15) is 5.60 Å². The van der Waals surface area contributed by atoms with Gasteiger partial charge in [-0.05, 0) is 62.8 Å². The minimum atomic E-state index is -0.231. The molecule has 1 saturated carbocycles. The number of benzene rings is 1. The molecule has 1 aliphatic carbocycles. The lowest BCUT2D eigenvalue weighted by atomic mass is 9.82. The predicted molar refractivity (Wildman–Crippen MR) is 80.4 cm³/mol. The maximum atomic E-state index is 12.3. The molecule has 3 heteroatoms. The van der Waals surface area contributed by atoms with Crippen molar-refractivity contribution in [1.29, 1.82) is 0 Å². The van der Waals surface area contributed by atoms with Crippen LogP contribution in [0.4, 0.5) is 0 Å². The van der Waals surface area contributed by atoms with Gasteiger partial charge in [-0.15, -0.1) is 0 Å². The van der Waals surface area contributed by atoms with Crippen LogP contribution in [0.15, 0.2) is 22.7 Å². The molecule has 0 atom stereocenters. The molecule has 0 radical (unpaired) electrons. The zero-order chi connectivity index (χ0) is 13.9. The molecular formula is C16H21BrO2. The highest BCUT2D eigenvalue weighted by atomic mass is 79.9. The van der Waals surface area contributed by atoms with Gasteiger partial charge in [-0.2, -0.15) is 0 Å². The zero-order valence-corrected chi connectivity index (χ0v) is 13.3. The first-order chi connectivity index (χ1) is 9.04. The standard InChI is InChI=1S/C16H21BrO2/c1-3-16(7-5-4-6-8-16)19-15(18)13-9-12(2)10-14(17)11-13/h9-11H,3-8H2,1-2H3. The summed E-state index contributed by atoms with van der Waals surface area (Å²) in [5, 5.41) is 0. The van der Waals surface area contributed by atoms with Gasteiger partial charge in [0.15, 0.2) is 0 Å². The van der Waals surface area contributed by atoms with Crippen molar-refractivity contribution in [3.8, 4) is 0 Å². The van der Waals surface area contributed by atoms with E-state index in [1.807, 2.05) is 25.1 Å². The Kier molecular flexibility index (Phi) is 4.67. The number of halogens is 1. The van der Waals surface area contributed by atoms with E-state index in [0.717, 1.165) is 29.3 Å². The van der Waals surface area contributed by atoms with E-state index in [0.29, 0.717) is 5.56 Å². The summed E-state index contributed by atoms with van der Waals surface area (Å²) in [7, 11) is 0. The molecule has 0 saturated heterocycles. The highest BCUT2D eigenvalue weighted by Crippen LogP contribution is 2.35. The van der Waals surface area contributed by atoms with E-state index in [9.17, 15) is 4.79 Å². The Morgan fingerprint density at radius 2 is 1.95 bits per heavy atom. The van der Waals surface area contributed by atoms with Crippen molar-refractivity contribution in [3.63, 3.8) is 0 Å². The fourth-order valence-corrected chi connectivity index (χ4v) is 3.44. The van der Waals surface area contributed by atoms with Crippen molar-refractivity contribution in [1.82, 2.24) is 0 Å². The van der Waals surface area contributed by atoms with E-state index >= 15 is 0 Å². The third-order valence-electron chi connectivity index (χ3n) is 4.00. The molecule has 1 fully saturated rings. The quantitative estimate of drug-likeness (QED) is 0.729. The van der Waals surface area contributed by atoms with Crippen LogP contribution in [0.1, 0.15) is 61.4 Å². The van der Waals surface area contributed by atoms with Crippen molar-refractivity contribution in [2.24, 2.45) is 0 Å². The van der Waals surface area contributed by atoms with E-state index in [-0.39, 0.29) is 11.6 Å². The lowest BCUT2D eigenvalue weighted by Gasteiger charge is -2.36. The van der Waals surface area contributed by atoms with E-state index in [2.05, 4.69) is 22.9 Å². The van der Waals surface area contributed by atoms with Crippen LogP contribution >= 0.6 is 15.9 Å². The fraction of sp³-hybridized carbons (Fsp3) is 0.562. The van der Waals surface area contributed by atoms with E-state index in [1.54, 1.807) is 0 Å². The lowest BCUT2D eigenvalue weighted by Crippen LogP contribution is -2.36. The normalized spacial score (nSPS) is 18.1. The van der Waals surface area contributed by atoms with Crippen molar-refractivity contribution < 1.29 is 9.53 Å². The Balaban J connectivity index is 2.15. The topological polar surface area (TPSA) is 26.3 Å². The minimum Gasteiger partial charge on any atom is -0.455 e. The number of ether oxygens (including phenoxy) is 1. The second-order valence-corrected chi connectivity index (χ2v) is 6.42. The SMILES string of the molecule is CCC1(OC(=O)c2cc(C)cc(Br)c2)CCCCC1. The molecular weight excluding hydrogens is 304 g/mol. The summed E-state index contributed by atoms with van der Waals surface area (Å²) in [6.07, 6.45) is 6.50. The molecule has 0 aliphatic heterocycles. The average Bonchev–Trinajstić information content (AvgIpc) is 2.38. The fourth-order valence-electron chi connectivity index (χ4n) is 2.83. The van der Waals surface area contributed by atoms with E-state index < -0.39 is 0 Å². The second kappa shape index (κ2) is 6.08. The van der Waals surface area contributed by atoms with Gasteiger partial charge >= 0.3 is 5.97 Å². The largest absolute Gasteiger partial charge is 0.455 e. The zero-order valence-electron chi connectivity index (χ0n) is 11.7. The van der Waals surface area contributed by atoms with Crippen molar-refractivity contribution in [2.75, 3.05) is 0 Å².